The normalized spacial score (nSPS) is 17.9. The molecule has 1 aliphatic heterocycles. The van der Waals surface area contributed by atoms with E-state index in [-0.39, 0.29) is 30.4 Å². The number of aryl methyl sites for hydroxylation is 1. The van der Waals surface area contributed by atoms with Crippen molar-refractivity contribution < 1.29 is 13.6 Å². The summed E-state index contributed by atoms with van der Waals surface area (Å²) in [6.45, 7) is 2.17. The number of benzene rings is 2. The van der Waals surface area contributed by atoms with Crippen molar-refractivity contribution in [2.45, 2.75) is 38.4 Å². The minimum Gasteiger partial charge on any atom is -0.363 e. The van der Waals surface area contributed by atoms with Crippen molar-refractivity contribution in [3.8, 4) is 0 Å². The Bertz CT molecular complexity index is 1100. The molecule has 4 rings (SSSR count). The van der Waals surface area contributed by atoms with Gasteiger partial charge in [-0.25, -0.2) is 13.5 Å². The molecule has 0 spiro atoms. The van der Waals surface area contributed by atoms with Crippen LogP contribution in [-0.2, 0) is 6.54 Å². The predicted octanol–water partition coefficient (Wildman–Crippen LogP) is 5.79. The Morgan fingerprint density at radius 2 is 1.97 bits per heavy atom. The fourth-order valence-electron chi connectivity index (χ4n) is 3.64. The summed E-state index contributed by atoms with van der Waals surface area (Å²) in [6.07, 6.45) is -1.13. The van der Waals surface area contributed by atoms with Crippen molar-refractivity contribution >= 4 is 34.9 Å². The molecular formula is C22H20Cl2F2N4O. The van der Waals surface area contributed by atoms with Crippen LogP contribution in [0.1, 0.15) is 45.6 Å². The van der Waals surface area contributed by atoms with Crippen LogP contribution in [0.3, 0.4) is 0 Å². The molecule has 0 aliphatic carbocycles. The summed E-state index contributed by atoms with van der Waals surface area (Å²) in [7, 11) is 0. The Balaban J connectivity index is 1.57. The number of amides is 1. The predicted molar refractivity (Wildman–Crippen MR) is 117 cm³/mol. The van der Waals surface area contributed by atoms with Gasteiger partial charge in [-0.1, -0.05) is 59.1 Å². The van der Waals surface area contributed by atoms with E-state index in [1.165, 1.54) is 10.9 Å². The molecule has 2 heterocycles. The third-order valence-electron chi connectivity index (χ3n) is 5.35. The average Bonchev–Trinajstić information content (AvgIpc) is 3.18. The number of anilines is 1. The summed E-state index contributed by atoms with van der Waals surface area (Å²) in [5.74, 6) is -0.133. The van der Waals surface area contributed by atoms with Crippen LogP contribution in [0.4, 0.5) is 14.6 Å². The zero-order valence-electron chi connectivity index (χ0n) is 16.6. The first-order chi connectivity index (χ1) is 14.8. The maximum atomic E-state index is 13.8. The van der Waals surface area contributed by atoms with E-state index in [1.807, 2.05) is 31.2 Å². The number of carbonyl (C=O) groups excluding carboxylic acids is 1. The molecule has 0 radical (unpaired) electrons. The zero-order chi connectivity index (χ0) is 22.1. The van der Waals surface area contributed by atoms with Crippen LogP contribution in [0.2, 0.25) is 10.0 Å². The summed E-state index contributed by atoms with van der Waals surface area (Å²) in [5, 5.41) is 10.9. The van der Waals surface area contributed by atoms with Crippen molar-refractivity contribution in [2.75, 3.05) is 5.32 Å². The number of nitrogens with zero attached hydrogens (tertiary/aromatic N) is 2. The zero-order valence-corrected chi connectivity index (χ0v) is 18.1. The molecule has 5 nitrogen and oxygen atoms in total. The average molecular weight is 465 g/mol. The van der Waals surface area contributed by atoms with Gasteiger partial charge in [-0.15, -0.1) is 0 Å². The summed E-state index contributed by atoms with van der Waals surface area (Å²) >= 11 is 11.9. The van der Waals surface area contributed by atoms with Crippen LogP contribution in [0.15, 0.2) is 48.7 Å². The Hall–Kier alpha value is -2.64. The lowest BCUT2D eigenvalue weighted by molar-refractivity contribution is 0.0656. The summed E-state index contributed by atoms with van der Waals surface area (Å²) < 4.78 is 28.8. The quantitative estimate of drug-likeness (QED) is 0.502. The lowest BCUT2D eigenvalue weighted by atomic mass is 9.96. The molecular weight excluding hydrogens is 445 g/mol. The fraction of sp³-hybridized carbons (Fsp3) is 0.273. The molecule has 1 aromatic heterocycles. The lowest BCUT2D eigenvalue weighted by Gasteiger charge is -2.32. The van der Waals surface area contributed by atoms with Crippen molar-refractivity contribution in [3.63, 3.8) is 0 Å². The Labute approximate surface area is 188 Å². The Morgan fingerprint density at radius 1 is 1.23 bits per heavy atom. The topological polar surface area (TPSA) is 59.0 Å². The number of rotatable bonds is 5. The molecule has 2 atom stereocenters. The fourth-order valence-corrected chi connectivity index (χ4v) is 3.96. The van der Waals surface area contributed by atoms with E-state index in [1.54, 1.807) is 18.2 Å². The van der Waals surface area contributed by atoms with Gasteiger partial charge in [0.2, 0.25) is 0 Å². The van der Waals surface area contributed by atoms with Crippen LogP contribution in [0.5, 0.6) is 0 Å². The molecule has 0 saturated carbocycles. The molecule has 1 aliphatic rings. The Kier molecular flexibility index (Phi) is 6.16. The second-order valence-corrected chi connectivity index (χ2v) is 8.34. The number of carbonyl (C=O) groups is 1. The van der Waals surface area contributed by atoms with Gasteiger partial charge in [-0.05, 0) is 36.6 Å². The van der Waals surface area contributed by atoms with E-state index in [0.29, 0.717) is 10.0 Å². The van der Waals surface area contributed by atoms with E-state index in [4.69, 9.17) is 23.2 Å². The van der Waals surface area contributed by atoms with E-state index >= 15 is 0 Å². The molecule has 31 heavy (non-hydrogen) atoms. The van der Waals surface area contributed by atoms with Gasteiger partial charge in [0.15, 0.2) is 0 Å². The standard InChI is InChI=1S/C22H20Cl2F2N4O/c1-12-2-5-14(6-3-12)18-9-19(20(25)26)30-21(29-18)15(11-28-30)22(31)27-10-13-4-7-16(23)17(24)8-13/h2-8,11,18-20,29H,9-10H2,1H3,(H,27,31)/t18-,19+/m1/s1. The first-order valence-corrected chi connectivity index (χ1v) is 10.5. The Morgan fingerprint density at radius 3 is 2.65 bits per heavy atom. The van der Waals surface area contributed by atoms with E-state index in [2.05, 4.69) is 15.7 Å². The van der Waals surface area contributed by atoms with Gasteiger partial charge in [0.25, 0.3) is 12.3 Å². The molecule has 0 bridgehead atoms. The molecule has 162 valence electrons. The van der Waals surface area contributed by atoms with Gasteiger partial charge in [0.1, 0.15) is 17.4 Å². The van der Waals surface area contributed by atoms with Gasteiger partial charge >= 0.3 is 0 Å². The largest absolute Gasteiger partial charge is 0.363 e. The summed E-state index contributed by atoms with van der Waals surface area (Å²) in [6, 6.07) is 11.3. The number of hydrogen-bond acceptors (Lipinski definition) is 3. The number of aromatic nitrogens is 2. The molecule has 0 fully saturated rings. The highest BCUT2D eigenvalue weighted by molar-refractivity contribution is 6.42. The van der Waals surface area contributed by atoms with Gasteiger partial charge < -0.3 is 10.6 Å². The second kappa shape index (κ2) is 8.85. The van der Waals surface area contributed by atoms with Crippen molar-refractivity contribution in [1.29, 1.82) is 0 Å². The highest BCUT2D eigenvalue weighted by Gasteiger charge is 2.36. The number of hydrogen-bond donors (Lipinski definition) is 2. The SMILES string of the molecule is Cc1ccc([C@H]2C[C@@H](C(F)F)n3ncc(C(=O)NCc4ccc(Cl)c(Cl)c4)c3N2)cc1. The van der Waals surface area contributed by atoms with Crippen molar-refractivity contribution in [3.05, 3.63) is 81.0 Å². The van der Waals surface area contributed by atoms with E-state index < -0.39 is 18.4 Å². The van der Waals surface area contributed by atoms with Crippen LogP contribution in [-0.4, -0.2) is 22.1 Å². The molecule has 2 N–H and O–H groups in total. The van der Waals surface area contributed by atoms with Gasteiger partial charge in [-0.3, -0.25) is 4.79 Å². The van der Waals surface area contributed by atoms with E-state index in [0.717, 1.165) is 16.7 Å². The molecule has 0 saturated heterocycles. The second-order valence-electron chi connectivity index (χ2n) is 7.53. The smallest absolute Gasteiger partial charge is 0.260 e. The van der Waals surface area contributed by atoms with Gasteiger partial charge in [0.05, 0.1) is 22.3 Å². The molecule has 2 aromatic carbocycles. The first kappa shape index (κ1) is 21.6. The number of alkyl halides is 2. The highest BCUT2D eigenvalue weighted by Crippen LogP contribution is 2.39. The van der Waals surface area contributed by atoms with E-state index in [9.17, 15) is 13.6 Å². The highest BCUT2D eigenvalue weighted by atomic mass is 35.5. The third kappa shape index (κ3) is 4.52. The maximum Gasteiger partial charge on any atom is 0.260 e. The molecule has 1 amide bonds. The number of nitrogens with one attached hydrogen (secondary N) is 2. The summed E-state index contributed by atoms with van der Waals surface area (Å²) in [5.41, 5.74) is 2.94. The van der Waals surface area contributed by atoms with Crippen LogP contribution < -0.4 is 10.6 Å². The minimum atomic E-state index is -2.61. The minimum absolute atomic E-state index is 0.166. The van der Waals surface area contributed by atoms with Gasteiger partial charge in [0, 0.05) is 6.54 Å². The van der Waals surface area contributed by atoms with Crippen molar-refractivity contribution in [2.24, 2.45) is 0 Å². The lowest BCUT2D eigenvalue weighted by Crippen LogP contribution is -2.32. The van der Waals surface area contributed by atoms with Crippen molar-refractivity contribution in [1.82, 2.24) is 15.1 Å². The maximum absolute atomic E-state index is 13.8. The molecule has 3 aromatic rings. The third-order valence-corrected chi connectivity index (χ3v) is 6.09. The first-order valence-electron chi connectivity index (χ1n) is 9.74. The van der Waals surface area contributed by atoms with Gasteiger partial charge in [-0.2, -0.15) is 5.10 Å². The molecule has 0 unspecified atom stereocenters. The number of halogens is 4. The monoisotopic (exact) mass is 464 g/mol. The molecule has 9 heteroatoms. The van der Waals surface area contributed by atoms with Crippen LogP contribution >= 0.6 is 23.2 Å². The summed E-state index contributed by atoms with van der Waals surface area (Å²) in [4.78, 5) is 12.8. The number of fused-ring (bicyclic) bond motifs is 1. The van der Waals surface area contributed by atoms with Crippen LogP contribution in [0, 0.1) is 6.92 Å². The van der Waals surface area contributed by atoms with Crippen LogP contribution in [0.25, 0.3) is 0 Å².